The molecule has 7 nitrogen and oxygen atoms in total. The van der Waals surface area contributed by atoms with Crippen molar-refractivity contribution in [1.82, 2.24) is 19.8 Å². The fourth-order valence-electron chi connectivity index (χ4n) is 3.94. The second-order valence-corrected chi connectivity index (χ2v) is 7.59. The Bertz CT molecular complexity index is 1030. The lowest BCUT2D eigenvalue weighted by Crippen LogP contribution is -2.43. The van der Waals surface area contributed by atoms with Crippen LogP contribution in [0.4, 0.5) is 4.79 Å². The maximum absolute atomic E-state index is 12.7. The van der Waals surface area contributed by atoms with Gasteiger partial charge in [-0.2, -0.15) is 0 Å². The molecule has 1 aliphatic heterocycles. The normalized spacial score (nSPS) is 12.9. The highest BCUT2D eigenvalue weighted by atomic mass is 16.5. The van der Waals surface area contributed by atoms with E-state index in [-0.39, 0.29) is 6.03 Å². The number of urea groups is 1. The van der Waals surface area contributed by atoms with Crippen LogP contribution in [0.2, 0.25) is 0 Å². The van der Waals surface area contributed by atoms with E-state index in [1.54, 1.807) is 14.2 Å². The van der Waals surface area contributed by atoms with Crippen molar-refractivity contribution in [2.75, 3.05) is 27.3 Å². The molecule has 31 heavy (non-hydrogen) atoms. The molecule has 0 saturated heterocycles. The van der Waals surface area contributed by atoms with Crippen LogP contribution in [0.3, 0.4) is 0 Å². The molecule has 3 aromatic rings. The van der Waals surface area contributed by atoms with Gasteiger partial charge in [0.15, 0.2) is 11.5 Å². The first-order valence-electron chi connectivity index (χ1n) is 10.5. The Kier molecular flexibility index (Phi) is 6.40. The van der Waals surface area contributed by atoms with Crippen molar-refractivity contribution in [3.05, 3.63) is 77.4 Å². The molecule has 0 spiro atoms. The van der Waals surface area contributed by atoms with E-state index < -0.39 is 0 Å². The first kappa shape index (κ1) is 20.8. The average molecular weight is 421 g/mol. The van der Waals surface area contributed by atoms with Crippen LogP contribution in [0.5, 0.6) is 11.5 Å². The number of hydrogen-bond donors (Lipinski definition) is 1. The Balaban J connectivity index is 1.32. The van der Waals surface area contributed by atoms with Crippen LogP contribution in [0.1, 0.15) is 22.5 Å². The number of fused-ring (bicyclic) bond motifs is 1. The Morgan fingerprint density at radius 3 is 2.58 bits per heavy atom. The van der Waals surface area contributed by atoms with E-state index in [2.05, 4.69) is 27.0 Å². The van der Waals surface area contributed by atoms with E-state index in [1.165, 1.54) is 11.1 Å². The van der Waals surface area contributed by atoms with Gasteiger partial charge in [0, 0.05) is 45.0 Å². The van der Waals surface area contributed by atoms with Crippen LogP contribution >= 0.6 is 0 Å². The standard InChI is InChI=1S/C24H28N4O3/c1-30-21-14-19-9-12-28(17-20(19)15-22(21)31-2)24(29)26-10-8-23-25-11-13-27(23)16-18-6-4-3-5-7-18/h3-7,11,13-15H,8-10,12,16-17H2,1-2H3,(H,26,29). The summed E-state index contributed by atoms with van der Waals surface area (Å²) in [7, 11) is 3.26. The van der Waals surface area contributed by atoms with Crippen LogP contribution in [-0.2, 0) is 25.9 Å². The summed E-state index contributed by atoms with van der Waals surface area (Å²) in [6.45, 7) is 2.55. The molecule has 2 heterocycles. The molecule has 0 radical (unpaired) electrons. The number of rotatable bonds is 7. The molecule has 2 amide bonds. The zero-order valence-corrected chi connectivity index (χ0v) is 18.0. The summed E-state index contributed by atoms with van der Waals surface area (Å²) in [5, 5.41) is 3.04. The van der Waals surface area contributed by atoms with Crippen LogP contribution in [-0.4, -0.2) is 47.8 Å². The summed E-state index contributed by atoms with van der Waals surface area (Å²) in [4.78, 5) is 19.0. The Hall–Kier alpha value is -3.48. The minimum absolute atomic E-state index is 0.0541. The molecule has 0 bridgehead atoms. The molecule has 0 aliphatic carbocycles. The number of carbonyl (C=O) groups excluding carboxylic acids is 1. The van der Waals surface area contributed by atoms with E-state index in [0.717, 1.165) is 30.1 Å². The van der Waals surface area contributed by atoms with Crippen molar-refractivity contribution in [3.63, 3.8) is 0 Å². The van der Waals surface area contributed by atoms with Gasteiger partial charge in [-0.1, -0.05) is 30.3 Å². The van der Waals surface area contributed by atoms with Gasteiger partial charge in [-0.3, -0.25) is 0 Å². The maximum atomic E-state index is 12.7. The molecular formula is C24H28N4O3. The number of nitrogens with one attached hydrogen (secondary N) is 1. The summed E-state index contributed by atoms with van der Waals surface area (Å²) in [6, 6.07) is 14.2. The minimum Gasteiger partial charge on any atom is -0.493 e. The first-order chi connectivity index (χ1) is 15.2. The van der Waals surface area contributed by atoms with Crippen LogP contribution in [0.15, 0.2) is 54.9 Å². The summed E-state index contributed by atoms with van der Waals surface area (Å²) < 4.78 is 12.9. The zero-order chi connectivity index (χ0) is 21.6. The lowest BCUT2D eigenvalue weighted by molar-refractivity contribution is 0.192. The van der Waals surface area contributed by atoms with Crippen LogP contribution in [0.25, 0.3) is 0 Å². The molecule has 0 atom stereocenters. The molecule has 2 aromatic carbocycles. The second kappa shape index (κ2) is 9.55. The van der Waals surface area contributed by atoms with Gasteiger partial charge in [0.25, 0.3) is 0 Å². The van der Waals surface area contributed by atoms with Crippen molar-refractivity contribution < 1.29 is 14.3 Å². The van der Waals surface area contributed by atoms with Crippen molar-refractivity contribution in [2.45, 2.75) is 25.9 Å². The largest absolute Gasteiger partial charge is 0.493 e. The van der Waals surface area contributed by atoms with Gasteiger partial charge < -0.3 is 24.3 Å². The third-order valence-corrected chi connectivity index (χ3v) is 5.63. The van der Waals surface area contributed by atoms with E-state index in [0.29, 0.717) is 31.8 Å². The Morgan fingerprint density at radius 1 is 1.10 bits per heavy atom. The molecule has 4 rings (SSSR count). The van der Waals surface area contributed by atoms with Crippen molar-refractivity contribution in [3.8, 4) is 11.5 Å². The number of hydrogen-bond acceptors (Lipinski definition) is 4. The van der Waals surface area contributed by atoms with Gasteiger partial charge in [0.05, 0.1) is 14.2 Å². The summed E-state index contributed by atoms with van der Waals surface area (Å²) >= 11 is 0. The second-order valence-electron chi connectivity index (χ2n) is 7.59. The predicted molar refractivity (Wildman–Crippen MR) is 119 cm³/mol. The monoisotopic (exact) mass is 420 g/mol. The van der Waals surface area contributed by atoms with Gasteiger partial charge >= 0.3 is 6.03 Å². The lowest BCUT2D eigenvalue weighted by Gasteiger charge is -2.29. The lowest BCUT2D eigenvalue weighted by atomic mass is 9.99. The number of nitrogens with zero attached hydrogens (tertiary/aromatic N) is 3. The van der Waals surface area contributed by atoms with Gasteiger partial charge in [-0.25, -0.2) is 9.78 Å². The summed E-state index contributed by atoms with van der Waals surface area (Å²) in [6.07, 6.45) is 5.27. The SMILES string of the molecule is COc1cc2c(cc1OC)CN(C(=O)NCCc1nccn1Cc1ccccc1)CC2. The molecule has 1 N–H and O–H groups in total. The number of imidazole rings is 1. The number of carbonyl (C=O) groups is 1. The van der Waals surface area contributed by atoms with E-state index in [1.807, 2.05) is 47.6 Å². The van der Waals surface area contributed by atoms with Gasteiger partial charge in [-0.15, -0.1) is 0 Å². The van der Waals surface area contributed by atoms with Gasteiger partial charge in [0.1, 0.15) is 5.82 Å². The molecular weight excluding hydrogens is 392 g/mol. The molecule has 7 heteroatoms. The quantitative estimate of drug-likeness (QED) is 0.637. The number of aromatic nitrogens is 2. The topological polar surface area (TPSA) is 68.6 Å². The third kappa shape index (κ3) is 4.82. The van der Waals surface area contributed by atoms with Gasteiger partial charge in [0.2, 0.25) is 0 Å². The van der Waals surface area contributed by atoms with Crippen LogP contribution in [0, 0.1) is 0 Å². The smallest absolute Gasteiger partial charge is 0.317 e. The number of methoxy groups -OCH3 is 2. The maximum Gasteiger partial charge on any atom is 0.317 e. The number of ether oxygens (including phenoxy) is 2. The van der Waals surface area contributed by atoms with E-state index >= 15 is 0 Å². The van der Waals surface area contributed by atoms with Crippen molar-refractivity contribution >= 4 is 6.03 Å². The van der Waals surface area contributed by atoms with Gasteiger partial charge in [-0.05, 0) is 35.2 Å². The molecule has 0 saturated carbocycles. The van der Waals surface area contributed by atoms with Crippen molar-refractivity contribution in [2.24, 2.45) is 0 Å². The first-order valence-corrected chi connectivity index (χ1v) is 10.5. The number of benzene rings is 2. The molecule has 1 aromatic heterocycles. The molecule has 1 aliphatic rings. The minimum atomic E-state index is -0.0541. The summed E-state index contributed by atoms with van der Waals surface area (Å²) in [5.74, 6) is 2.38. The third-order valence-electron chi connectivity index (χ3n) is 5.63. The molecule has 0 fully saturated rings. The number of amides is 2. The predicted octanol–water partition coefficient (Wildman–Crippen LogP) is 3.26. The average Bonchev–Trinajstić information content (AvgIpc) is 3.25. The molecule has 0 unspecified atom stereocenters. The highest BCUT2D eigenvalue weighted by molar-refractivity contribution is 5.74. The Morgan fingerprint density at radius 2 is 1.84 bits per heavy atom. The van der Waals surface area contributed by atoms with Crippen molar-refractivity contribution in [1.29, 1.82) is 0 Å². The Labute approximate surface area is 182 Å². The zero-order valence-electron chi connectivity index (χ0n) is 18.0. The molecule has 162 valence electrons. The fraction of sp³-hybridized carbons (Fsp3) is 0.333. The summed E-state index contributed by atoms with van der Waals surface area (Å²) in [5.41, 5.74) is 3.52. The fourth-order valence-corrected chi connectivity index (χ4v) is 3.94. The van der Waals surface area contributed by atoms with Crippen LogP contribution < -0.4 is 14.8 Å². The van der Waals surface area contributed by atoms with E-state index in [4.69, 9.17) is 9.47 Å². The highest BCUT2D eigenvalue weighted by Crippen LogP contribution is 2.33. The van der Waals surface area contributed by atoms with E-state index in [9.17, 15) is 4.79 Å². The highest BCUT2D eigenvalue weighted by Gasteiger charge is 2.22.